The summed E-state index contributed by atoms with van der Waals surface area (Å²) in [5.74, 6) is 0.295. The van der Waals surface area contributed by atoms with Crippen LogP contribution in [-0.4, -0.2) is 60.1 Å². The zero-order valence-corrected chi connectivity index (χ0v) is 17.3. The predicted molar refractivity (Wildman–Crippen MR) is 109 cm³/mol. The summed E-state index contributed by atoms with van der Waals surface area (Å²) in [5.41, 5.74) is 1.05. The highest BCUT2D eigenvalue weighted by molar-refractivity contribution is 5.92. The van der Waals surface area contributed by atoms with E-state index in [1.165, 1.54) is 0 Å². The molecular weight excluding hydrogens is 391 g/mol. The molecule has 2 aliphatic rings. The molecule has 0 bridgehead atoms. The number of nitrogens with one attached hydrogen (secondary N) is 2. The third-order valence-electron chi connectivity index (χ3n) is 4.85. The van der Waals surface area contributed by atoms with Crippen LogP contribution >= 0.6 is 24.8 Å². The second-order valence-corrected chi connectivity index (χ2v) is 6.84. The van der Waals surface area contributed by atoms with Gasteiger partial charge in [0.2, 0.25) is 11.8 Å². The Morgan fingerprint density at radius 1 is 1.33 bits per heavy atom. The number of carbonyl (C=O) groups is 2. The van der Waals surface area contributed by atoms with Gasteiger partial charge in [-0.2, -0.15) is 0 Å². The minimum Gasteiger partial charge on any atom is -0.375 e. The molecule has 7 nitrogen and oxygen atoms in total. The number of rotatable bonds is 3. The number of anilines is 1. The first-order valence-corrected chi connectivity index (χ1v) is 8.92. The number of halogens is 2. The van der Waals surface area contributed by atoms with Crippen LogP contribution in [-0.2, 0) is 14.3 Å². The van der Waals surface area contributed by atoms with Crippen LogP contribution in [0.1, 0.15) is 25.3 Å². The molecule has 2 N–H and O–H groups in total. The van der Waals surface area contributed by atoms with Gasteiger partial charge in [-0.05, 0) is 38.3 Å². The van der Waals surface area contributed by atoms with Crippen LogP contribution in [0.3, 0.4) is 0 Å². The molecule has 1 aromatic heterocycles. The number of aromatic nitrogens is 1. The van der Waals surface area contributed by atoms with E-state index in [1.807, 2.05) is 19.9 Å². The van der Waals surface area contributed by atoms with E-state index >= 15 is 0 Å². The van der Waals surface area contributed by atoms with Crippen molar-refractivity contribution in [2.45, 2.75) is 38.8 Å². The summed E-state index contributed by atoms with van der Waals surface area (Å²) in [4.78, 5) is 31.3. The minimum absolute atomic E-state index is 0. The summed E-state index contributed by atoms with van der Waals surface area (Å²) in [6, 6.07) is 3.38. The Bertz CT molecular complexity index is 630. The first-order valence-electron chi connectivity index (χ1n) is 8.92. The molecule has 2 saturated heterocycles. The fourth-order valence-electron chi connectivity index (χ4n) is 3.37. The van der Waals surface area contributed by atoms with Gasteiger partial charge in [0.05, 0.1) is 18.6 Å². The number of piperidine rings is 1. The summed E-state index contributed by atoms with van der Waals surface area (Å²) >= 11 is 0. The van der Waals surface area contributed by atoms with Gasteiger partial charge in [0.1, 0.15) is 11.9 Å². The highest BCUT2D eigenvalue weighted by Crippen LogP contribution is 2.20. The molecular formula is C18H28Cl2N4O3. The Labute approximate surface area is 172 Å². The molecule has 0 spiro atoms. The van der Waals surface area contributed by atoms with Crippen LogP contribution in [0, 0.1) is 12.8 Å². The number of hydrogen-bond acceptors (Lipinski definition) is 5. The van der Waals surface area contributed by atoms with Crippen LogP contribution in [0.2, 0.25) is 0 Å². The fraction of sp³-hybridized carbons (Fsp3) is 0.611. The largest absolute Gasteiger partial charge is 0.375 e. The Morgan fingerprint density at radius 2 is 2.11 bits per heavy atom. The van der Waals surface area contributed by atoms with Gasteiger partial charge in [-0.1, -0.05) is 6.07 Å². The van der Waals surface area contributed by atoms with E-state index < -0.39 is 0 Å². The number of carbonyl (C=O) groups excluding carboxylic acids is 2. The second kappa shape index (κ2) is 10.8. The van der Waals surface area contributed by atoms with E-state index in [2.05, 4.69) is 15.6 Å². The van der Waals surface area contributed by atoms with Crippen molar-refractivity contribution in [3.63, 3.8) is 0 Å². The third kappa shape index (κ3) is 6.04. The van der Waals surface area contributed by atoms with E-state index in [0.717, 1.165) is 18.4 Å². The number of hydrogen-bond donors (Lipinski definition) is 2. The maximum absolute atomic E-state index is 12.8. The summed E-state index contributed by atoms with van der Waals surface area (Å²) in [5, 5.41) is 6.09. The van der Waals surface area contributed by atoms with Crippen LogP contribution in [0.4, 0.5) is 5.82 Å². The maximum Gasteiger partial charge on any atom is 0.242 e. The molecule has 2 amide bonds. The van der Waals surface area contributed by atoms with Crippen molar-refractivity contribution in [2.24, 2.45) is 5.92 Å². The van der Waals surface area contributed by atoms with Gasteiger partial charge in [-0.25, -0.2) is 4.98 Å². The van der Waals surface area contributed by atoms with Crippen molar-refractivity contribution < 1.29 is 14.3 Å². The lowest BCUT2D eigenvalue weighted by Crippen LogP contribution is -2.58. The first-order chi connectivity index (χ1) is 12.0. The average molecular weight is 419 g/mol. The van der Waals surface area contributed by atoms with E-state index in [4.69, 9.17) is 4.74 Å². The summed E-state index contributed by atoms with van der Waals surface area (Å²) in [7, 11) is 0. The number of ether oxygens (including phenoxy) is 1. The van der Waals surface area contributed by atoms with Crippen molar-refractivity contribution in [2.75, 3.05) is 31.6 Å². The topological polar surface area (TPSA) is 83.6 Å². The zero-order valence-electron chi connectivity index (χ0n) is 15.6. The molecule has 0 saturated carbocycles. The van der Waals surface area contributed by atoms with Gasteiger partial charge < -0.3 is 20.3 Å². The fourth-order valence-corrected chi connectivity index (χ4v) is 3.37. The van der Waals surface area contributed by atoms with Crippen LogP contribution in [0.15, 0.2) is 18.3 Å². The van der Waals surface area contributed by atoms with Gasteiger partial charge in [0, 0.05) is 25.8 Å². The second-order valence-electron chi connectivity index (χ2n) is 6.84. The van der Waals surface area contributed by atoms with Gasteiger partial charge in [0.15, 0.2) is 0 Å². The molecule has 0 aromatic carbocycles. The maximum atomic E-state index is 12.8. The number of pyridine rings is 1. The van der Waals surface area contributed by atoms with Gasteiger partial charge in [-0.15, -0.1) is 24.8 Å². The SMILES string of the molecule is Cc1ccc(NC(=O)C2CCCN(C(=O)[C@H]3NCCO[C@@H]3C)C2)nc1.Cl.Cl. The summed E-state index contributed by atoms with van der Waals surface area (Å²) in [6.45, 7) is 6.30. The molecule has 3 rings (SSSR count). The van der Waals surface area contributed by atoms with Crippen LogP contribution in [0.5, 0.6) is 0 Å². The standard InChI is InChI=1S/C18H26N4O3.2ClH/c1-12-5-6-15(20-10-12)21-17(23)14-4-3-8-22(11-14)18(24)16-13(2)25-9-7-19-16;;/h5-6,10,13-14,16,19H,3-4,7-9,11H2,1-2H3,(H,20,21,23);2*1H/t13-,14?,16+;;/m1../s1. The monoisotopic (exact) mass is 418 g/mol. The number of morpholine rings is 1. The smallest absolute Gasteiger partial charge is 0.242 e. The average Bonchev–Trinajstić information content (AvgIpc) is 2.63. The van der Waals surface area contributed by atoms with Gasteiger partial charge in [-0.3, -0.25) is 9.59 Å². The summed E-state index contributed by atoms with van der Waals surface area (Å²) in [6.07, 6.45) is 3.19. The highest BCUT2D eigenvalue weighted by Gasteiger charge is 2.35. The molecule has 152 valence electrons. The van der Waals surface area contributed by atoms with E-state index in [1.54, 1.807) is 17.2 Å². The van der Waals surface area contributed by atoms with E-state index in [0.29, 0.717) is 32.1 Å². The number of likely N-dealkylation sites (tertiary alicyclic amines) is 1. The molecule has 1 unspecified atom stereocenters. The van der Waals surface area contributed by atoms with E-state index in [9.17, 15) is 9.59 Å². The third-order valence-corrected chi connectivity index (χ3v) is 4.85. The van der Waals surface area contributed by atoms with Crippen LogP contribution < -0.4 is 10.6 Å². The predicted octanol–water partition coefficient (Wildman–Crippen LogP) is 1.79. The Morgan fingerprint density at radius 3 is 2.78 bits per heavy atom. The Hall–Kier alpha value is -1.41. The number of nitrogens with zero attached hydrogens (tertiary/aromatic N) is 2. The lowest BCUT2D eigenvalue weighted by atomic mass is 9.96. The van der Waals surface area contributed by atoms with Gasteiger partial charge in [0.25, 0.3) is 0 Å². The molecule has 3 atom stereocenters. The first kappa shape index (κ1) is 23.6. The molecule has 9 heteroatoms. The molecule has 2 fully saturated rings. The minimum atomic E-state index is -0.325. The van der Waals surface area contributed by atoms with Gasteiger partial charge >= 0.3 is 0 Å². The van der Waals surface area contributed by atoms with Crippen molar-refractivity contribution in [3.05, 3.63) is 23.9 Å². The molecule has 27 heavy (non-hydrogen) atoms. The Balaban J connectivity index is 0.00000182. The number of aryl methyl sites for hydroxylation is 1. The molecule has 2 aliphatic heterocycles. The number of amides is 2. The van der Waals surface area contributed by atoms with Crippen molar-refractivity contribution in [1.82, 2.24) is 15.2 Å². The molecule has 1 aromatic rings. The lowest BCUT2D eigenvalue weighted by Gasteiger charge is -2.37. The quantitative estimate of drug-likeness (QED) is 0.781. The zero-order chi connectivity index (χ0) is 17.8. The normalized spacial score (nSPS) is 25.0. The summed E-state index contributed by atoms with van der Waals surface area (Å²) < 4.78 is 5.57. The lowest BCUT2D eigenvalue weighted by molar-refractivity contribution is -0.142. The van der Waals surface area contributed by atoms with Crippen LogP contribution in [0.25, 0.3) is 0 Å². The molecule has 0 radical (unpaired) electrons. The van der Waals surface area contributed by atoms with Crippen molar-refractivity contribution >= 4 is 42.4 Å². The van der Waals surface area contributed by atoms with E-state index in [-0.39, 0.29) is 54.7 Å². The van der Waals surface area contributed by atoms with Crippen molar-refractivity contribution in [1.29, 1.82) is 0 Å². The highest BCUT2D eigenvalue weighted by atomic mass is 35.5. The molecule has 0 aliphatic carbocycles. The van der Waals surface area contributed by atoms with Crippen molar-refractivity contribution in [3.8, 4) is 0 Å². The molecule has 3 heterocycles. The Kier molecular flexibility index (Phi) is 9.45.